The molecular weight excluding hydrogens is 318 g/mol. The first-order valence-corrected chi connectivity index (χ1v) is 7.58. The lowest BCUT2D eigenvalue weighted by Crippen LogP contribution is -2.28. The van der Waals surface area contributed by atoms with Crippen LogP contribution in [0.3, 0.4) is 0 Å². The molecule has 1 N–H and O–H groups in total. The number of benzene rings is 2. The molecule has 1 aliphatic rings. The molecule has 0 bridgehead atoms. The summed E-state index contributed by atoms with van der Waals surface area (Å²) in [4.78, 5) is 12.1. The minimum Gasteiger partial charge on any atom is -0.492 e. The van der Waals surface area contributed by atoms with E-state index in [1.54, 1.807) is 30.3 Å². The van der Waals surface area contributed by atoms with Crippen LogP contribution in [0.15, 0.2) is 36.4 Å². The Balaban J connectivity index is 1.48. The average molecular weight is 334 g/mol. The van der Waals surface area contributed by atoms with Gasteiger partial charge in [-0.3, -0.25) is 4.79 Å². The molecule has 5 nitrogen and oxygen atoms in total. The first-order chi connectivity index (χ1) is 11.1. The summed E-state index contributed by atoms with van der Waals surface area (Å²) >= 11 is 5.96. The van der Waals surface area contributed by atoms with Crippen LogP contribution in [-0.4, -0.2) is 25.9 Å². The lowest BCUT2D eigenvalue weighted by atomic mass is 10.2. The number of amides is 1. The molecule has 0 spiro atoms. The van der Waals surface area contributed by atoms with Crippen LogP contribution in [0.4, 0.5) is 0 Å². The SMILES string of the molecule is Cc1cc(OCCNC(=O)c2ccc3c(c2)OCO3)ccc1Cl. The van der Waals surface area contributed by atoms with Crippen molar-refractivity contribution >= 4 is 17.5 Å². The van der Waals surface area contributed by atoms with E-state index in [1.165, 1.54) is 0 Å². The van der Waals surface area contributed by atoms with E-state index in [4.69, 9.17) is 25.8 Å². The van der Waals surface area contributed by atoms with E-state index in [-0.39, 0.29) is 12.7 Å². The van der Waals surface area contributed by atoms with Gasteiger partial charge in [0, 0.05) is 10.6 Å². The van der Waals surface area contributed by atoms with Crippen molar-refractivity contribution in [2.75, 3.05) is 19.9 Å². The van der Waals surface area contributed by atoms with Gasteiger partial charge in [-0.2, -0.15) is 0 Å². The van der Waals surface area contributed by atoms with Gasteiger partial charge in [-0.1, -0.05) is 11.6 Å². The molecule has 3 rings (SSSR count). The molecule has 0 saturated heterocycles. The lowest BCUT2D eigenvalue weighted by molar-refractivity contribution is 0.0946. The summed E-state index contributed by atoms with van der Waals surface area (Å²) < 4.78 is 16.1. The van der Waals surface area contributed by atoms with Gasteiger partial charge < -0.3 is 19.5 Å². The van der Waals surface area contributed by atoms with Gasteiger partial charge in [-0.05, 0) is 48.9 Å². The van der Waals surface area contributed by atoms with Crippen molar-refractivity contribution in [3.05, 3.63) is 52.5 Å². The molecule has 0 aromatic heterocycles. The Bertz CT molecular complexity index is 733. The van der Waals surface area contributed by atoms with Crippen LogP contribution in [0, 0.1) is 6.92 Å². The van der Waals surface area contributed by atoms with Crippen molar-refractivity contribution in [1.82, 2.24) is 5.32 Å². The average Bonchev–Trinajstić information content (AvgIpc) is 3.02. The summed E-state index contributed by atoms with van der Waals surface area (Å²) in [6.45, 7) is 2.87. The Morgan fingerprint density at radius 3 is 2.87 bits per heavy atom. The van der Waals surface area contributed by atoms with Gasteiger partial charge in [0.05, 0.1) is 6.54 Å². The van der Waals surface area contributed by atoms with Crippen molar-refractivity contribution in [2.45, 2.75) is 6.92 Å². The second-order valence-corrected chi connectivity index (χ2v) is 5.49. The summed E-state index contributed by atoms with van der Waals surface area (Å²) in [6.07, 6.45) is 0. The number of nitrogens with one attached hydrogen (secondary N) is 1. The maximum atomic E-state index is 12.1. The fraction of sp³-hybridized carbons (Fsp3) is 0.235. The fourth-order valence-corrected chi connectivity index (χ4v) is 2.30. The normalized spacial score (nSPS) is 12.1. The second kappa shape index (κ2) is 6.79. The molecule has 1 amide bonds. The molecule has 0 fully saturated rings. The number of hydrogen-bond donors (Lipinski definition) is 1. The minimum atomic E-state index is -0.181. The highest BCUT2D eigenvalue weighted by Gasteiger charge is 2.15. The van der Waals surface area contributed by atoms with Gasteiger partial charge in [-0.25, -0.2) is 0 Å². The highest BCUT2D eigenvalue weighted by molar-refractivity contribution is 6.31. The van der Waals surface area contributed by atoms with Gasteiger partial charge in [0.25, 0.3) is 5.91 Å². The van der Waals surface area contributed by atoms with Crippen molar-refractivity contribution in [3.63, 3.8) is 0 Å². The maximum absolute atomic E-state index is 12.1. The van der Waals surface area contributed by atoms with Gasteiger partial charge in [0.2, 0.25) is 6.79 Å². The lowest BCUT2D eigenvalue weighted by Gasteiger charge is -2.09. The van der Waals surface area contributed by atoms with E-state index in [0.717, 1.165) is 11.3 Å². The van der Waals surface area contributed by atoms with E-state index in [9.17, 15) is 4.79 Å². The van der Waals surface area contributed by atoms with Crippen LogP contribution in [-0.2, 0) is 0 Å². The Kier molecular flexibility index (Phi) is 4.57. The molecule has 0 aliphatic carbocycles. The second-order valence-electron chi connectivity index (χ2n) is 5.08. The van der Waals surface area contributed by atoms with Crippen LogP contribution in [0.5, 0.6) is 17.2 Å². The predicted molar refractivity (Wildman–Crippen MR) is 86.6 cm³/mol. The van der Waals surface area contributed by atoms with Crippen LogP contribution in [0.2, 0.25) is 5.02 Å². The van der Waals surface area contributed by atoms with Gasteiger partial charge >= 0.3 is 0 Å². The summed E-state index contributed by atoms with van der Waals surface area (Å²) in [6, 6.07) is 10.5. The number of aryl methyl sites for hydroxylation is 1. The monoisotopic (exact) mass is 333 g/mol. The van der Waals surface area contributed by atoms with Crippen molar-refractivity contribution in [2.24, 2.45) is 0 Å². The topological polar surface area (TPSA) is 56.8 Å². The van der Waals surface area contributed by atoms with Crippen molar-refractivity contribution < 1.29 is 19.0 Å². The number of hydrogen-bond acceptors (Lipinski definition) is 4. The van der Waals surface area contributed by atoms with Crippen molar-refractivity contribution in [1.29, 1.82) is 0 Å². The van der Waals surface area contributed by atoms with Crippen LogP contribution in [0.25, 0.3) is 0 Å². The largest absolute Gasteiger partial charge is 0.492 e. The zero-order valence-corrected chi connectivity index (χ0v) is 13.4. The molecule has 0 unspecified atom stereocenters. The summed E-state index contributed by atoms with van der Waals surface area (Å²) in [5, 5.41) is 3.50. The fourth-order valence-electron chi connectivity index (χ4n) is 2.18. The molecule has 2 aromatic carbocycles. The molecular formula is C17H16ClNO4. The number of carbonyl (C=O) groups is 1. The minimum absolute atomic E-state index is 0.181. The first-order valence-electron chi connectivity index (χ1n) is 7.20. The molecule has 23 heavy (non-hydrogen) atoms. The quantitative estimate of drug-likeness (QED) is 0.854. The summed E-state index contributed by atoms with van der Waals surface area (Å²) in [5.74, 6) is 1.79. The highest BCUT2D eigenvalue weighted by atomic mass is 35.5. The van der Waals surface area contributed by atoms with Crippen LogP contribution < -0.4 is 19.5 Å². The van der Waals surface area contributed by atoms with E-state index in [2.05, 4.69) is 5.32 Å². The molecule has 0 radical (unpaired) electrons. The Labute approximate surface area is 139 Å². The predicted octanol–water partition coefficient (Wildman–Crippen LogP) is 3.19. The van der Waals surface area contributed by atoms with E-state index < -0.39 is 0 Å². The summed E-state index contributed by atoms with van der Waals surface area (Å²) in [7, 11) is 0. The Morgan fingerprint density at radius 2 is 2.04 bits per heavy atom. The van der Waals surface area contributed by atoms with Crippen LogP contribution in [0.1, 0.15) is 15.9 Å². The molecule has 6 heteroatoms. The molecule has 0 atom stereocenters. The van der Waals surface area contributed by atoms with Gasteiger partial charge in [-0.15, -0.1) is 0 Å². The Morgan fingerprint density at radius 1 is 1.22 bits per heavy atom. The third-order valence-corrected chi connectivity index (χ3v) is 3.84. The highest BCUT2D eigenvalue weighted by Crippen LogP contribution is 2.32. The standard InChI is InChI=1S/C17H16ClNO4/c1-11-8-13(3-4-14(11)18)21-7-6-19-17(20)12-2-5-15-16(9-12)23-10-22-15/h2-5,8-9H,6-7,10H2,1H3,(H,19,20). The van der Waals surface area contributed by atoms with Crippen molar-refractivity contribution in [3.8, 4) is 17.2 Å². The third-order valence-electron chi connectivity index (χ3n) is 3.42. The van der Waals surface area contributed by atoms with Gasteiger partial charge in [0.15, 0.2) is 11.5 Å². The molecule has 0 saturated carbocycles. The summed E-state index contributed by atoms with van der Waals surface area (Å²) in [5.41, 5.74) is 1.48. The smallest absolute Gasteiger partial charge is 0.251 e. The number of halogens is 1. The Hall–Kier alpha value is -2.40. The van der Waals surface area contributed by atoms with E-state index in [1.807, 2.05) is 13.0 Å². The van der Waals surface area contributed by atoms with Gasteiger partial charge in [0.1, 0.15) is 12.4 Å². The maximum Gasteiger partial charge on any atom is 0.251 e. The van der Waals surface area contributed by atoms with E-state index in [0.29, 0.717) is 35.2 Å². The molecule has 1 heterocycles. The number of fused-ring (bicyclic) bond motifs is 1. The zero-order valence-electron chi connectivity index (χ0n) is 12.6. The molecule has 2 aromatic rings. The zero-order chi connectivity index (χ0) is 16.2. The van der Waals surface area contributed by atoms with E-state index >= 15 is 0 Å². The third kappa shape index (κ3) is 3.68. The molecule has 1 aliphatic heterocycles. The molecule has 120 valence electrons. The van der Waals surface area contributed by atoms with Crippen LogP contribution >= 0.6 is 11.6 Å². The number of ether oxygens (including phenoxy) is 3. The number of carbonyl (C=O) groups excluding carboxylic acids is 1. The first kappa shape index (κ1) is 15.5. The number of rotatable bonds is 5.